The number of amides is 3. The second kappa shape index (κ2) is 10.7. The number of benzene rings is 3. The van der Waals surface area contributed by atoms with Crippen LogP contribution in [0.25, 0.3) is 16.6 Å². The SMILES string of the molecule is CNC(=O)c1cccc(-c2ccn3nccc(Oc4ccc(N(C(=O)C5(C(N)=O)CC5)c5ccc(F)cc5)cc4F)c23)c1. The molecular formula is C32H25F2N5O4. The van der Waals surface area contributed by atoms with Crippen LogP contribution in [-0.4, -0.2) is 34.4 Å². The van der Waals surface area contributed by atoms with Crippen molar-refractivity contribution in [1.82, 2.24) is 14.9 Å². The summed E-state index contributed by atoms with van der Waals surface area (Å²) >= 11 is 0. The molecule has 1 saturated carbocycles. The van der Waals surface area contributed by atoms with E-state index in [0.29, 0.717) is 22.4 Å². The molecule has 1 fully saturated rings. The van der Waals surface area contributed by atoms with E-state index in [2.05, 4.69) is 10.4 Å². The summed E-state index contributed by atoms with van der Waals surface area (Å²) < 4.78 is 36.9. The Morgan fingerprint density at radius 2 is 1.70 bits per heavy atom. The number of nitrogens with zero attached hydrogens (tertiary/aromatic N) is 3. The molecule has 0 unspecified atom stereocenters. The molecular weight excluding hydrogens is 556 g/mol. The smallest absolute Gasteiger partial charge is 0.251 e. The van der Waals surface area contributed by atoms with Gasteiger partial charge in [-0.1, -0.05) is 12.1 Å². The molecule has 216 valence electrons. The van der Waals surface area contributed by atoms with Crippen molar-refractivity contribution in [3.8, 4) is 22.6 Å². The van der Waals surface area contributed by atoms with Crippen molar-refractivity contribution >= 4 is 34.6 Å². The van der Waals surface area contributed by atoms with Gasteiger partial charge in [0, 0.05) is 42.2 Å². The van der Waals surface area contributed by atoms with Gasteiger partial charge in [0.1, 0.15) is 16.7 Å². The number of rotatable bonds is 8. The lowest BCUT2D eigenvalue weighted by Gasteiger charge is -2.26. The highest BCUT2D eigenvalue weighted by Gasteiger charge is 2.57. The second-order valence-electron chi connectivity index (χ2n) is 10.2. The Morgan fingerprint density at radius 3 is 2.37 bits per heavy atom. The summed E-state index contributed by atoms with van der Waals surface area (Å²) in [5, 5.41) is 6.92. The van der Waals surface area contributed by atoms with E-state index in [1.165, 1.54) is 47.5 Å². The number of halogens is 2. The fraction of sp³-hybridized carbons (Fsp3) is 0.125. The van der Waals surface area contributed by atoms with Crippen LogP contribution in [0.4, 0.5) is 20.2 Å². The van der Waals surface area contributed by atoms with Gasteiger partial charge in [-0.25, -0.2) is 13.3 Å². The predicted octanol–water partition coefficient (Wildman–Crippen LogP) is 5.36. The fourth-order valence-corrected chi connectivity index (χ4v) is 5.01. The van der Waals surface area contributed by atoms with Gasteiger partial charge < -0.3 is 15.8 Å². The van der Waals surface area contributed by atoms with Gasteiger partial charge in [-0.2, -0.15) is 5.10 Å². The number of hydrogen-bond donors (Lipinski definition) is 2. The number of primary amides is 1. The average Bonchev–Trinajstić information content (AvgIpc) is 3.72. The van der Waals surface area contributed by atoms with Gasteiger partial charge in [-0.05, 0) is 73.0 Å². The summed E-state index contributed by atoms with van der Waals surface area (Å²) in [6.45, 7) is 0. The zero-order chi connectivity index (χ0) is 30.3. The number of aromatic nitrogens is 2. The molecule has 43 heavy (non-hydrogen) atoms. The fourth-order valence-electron chi connectivity index (χ4n) is 5.01. The van der Waals surface area contributed by atoms with Crippen molar-refractivity contribution in [3.05, 3.63) is 108 Å². The van der Waals surface area contributed by atoms with Gasteiger partial charge in [-0.3, -0.25) is 19.3 Å². The lowest BCUT2D eigenvalue weighted by molar-refractivity contribution is -0.133. The van der Waals surface area contributed by atoms with Crippen molar-refractivity contribution in [2.75, 3.05) is 11.9 Å². The van der Waals surface area contributed by atoms with Crippen LogP contribution in [0, 0.1) is 17.0 Å². The van der Waals surface area contributed by atoms with Crippen LogP contribution in [0.5, 0.6) is 11.5 Å². The molecule has 6 rings (SSSR count). The lowest BCUT2D eigenvalue weighted by Crippen LogP contribution is -2.41. The Balaban J connectivity index is 1.37. The molecule has 0 atom stereocenters. The van der Waals surface area contributed by atoms with Crippen LogP contribution in [0.3, 0.4) is 0 Å². The largest absolute Gasteiger partial charge is 0.452 e. The first-order valence-corrected chi connectivity index (χ1v) is 13.4. The van der Waals surface area contributed by atoms with Gasteiger partial charge in [0.2, 0.25) is 11.8 Å². The van der Waals surface area contributed by atoms with E-state index in [1.807, 2.05) is 12.1 Å². The first kappa shape index (κ1) is 27.6. The quantitative estimate of drug-likeness (QED) is 0.239. The molecule has 3 amide bonds. The average molecular weight is 582 g/mol. The van der Waals surface area contributed by atoms with Crippen LogP contribution in [0.15, 0.2) is 91.3 Å². The number of ether oxygens (including phenoxy) is 1. The number of anilines is 2. The third kappa shape index (κ3) is 4.94. The topological polar surface area (TPSA) is 119 Å². The second-order valence-corrected chi connectivity index (χ2v) is 10.2. The molecule has 1 aliphatic rings. The monoisotopic (exact) mass is 581 g/mol. The van der Waals surface area contributed by atoms with Crippen molar-refractivity contribution in [1.29, 1.82) is 0 Å². The zero-order valence-corrected chi connectivity index (χ0v) is 22.9. The molecule has 11 heteroatoms. The van der Waals surface area contributed by atoms with E-state index in [4.69, 9.17) is 10.5 Å². The maximum atomic E-state index is 15.7. The normalized spacial score (nSPS) is 13.4. The van der Waals surface area contributed by atoms with Crippen molar-refractivity contribution in [2.45, 2.75) is 12.8 Å². The van der Waals surface area contributed by atoms with Crippen molar-refractivity contribution in [3.63, 3.8) is 0 Å². The summed E-state index contributed by atoms with van der Waals surface area (Å²) in [6.07, 6.45) is 3.77. The van der Waals surface area contributed by atoms with E-state index in [0.717, 1.165) is 11.6 Å². The summed E-state index contributed by atoms with van der Waals surface area (Å²) in [5.41, 5.74) is 6.96. The molecule has 2 heterocycles. The number of carbonyl (C=O) groups excluding carboxylic acids is 3. The zero-order valence-electron chi connectivity index (χ0n) is 22.9. The van der Waals surface area contributed by atoms with E-state index >= 15 is 4.39 Å². The number of hydrogen-bond acceptors (Lipinski definition) is 5. The molecule has 1 aliphatic carbocycles. The third-order valence-corrected chi connectivity index (χ3v) is 7.49. The Morgan fingerprint density at radius 1 is 0.953 bits per heavy atom. The maximum Gasteiger partial charge on any atom is 0.251 e. The van der Waals surface area contributed by atoms with Crippen molar-refractivity contribution < 1.29 is 27.9 Å². The van der Waals surface area contributed by atoms with Gasteiger partial charge in [0.05, 0.1) is 11.9 Å². The maximum absolute atomic E-state index is 15.7. The summed E-state index contributed by atoms with van der Waals surface area (Å²) in [5.74, 6) is -2.77. The first-order valence-electron chi connectivity index (χ1n) is 13.4. The van der Waals surface area contributed by atoms with Crippen LogP contribution in [0.1, 0.15) is 23.2 Å². The highest BCUT2D eigenvalue weighted by atomic mass is 19.1. The minimum absolute atomic E-state index is 0.114. The molecule has 0 saturated heterocycles. The molecule has 3 N–H and O–H groups in total. The van der Waals surface area contributed by atoms with Gasteiger partial charge in [0.15, 0.2) is 17.3 Å². The minimum atomic E-state index is -1.40. The Kier molecular flexibility index (Phi) is 6.85. The molecule has 5 aromatic rings. The highest BCUT2D eigenvalue weighted by Crippen LogP contribution is 2.49. The highest BCUT2D eigenvalue weighted by molar-refractivity contribution is 6.16. The molecule has 0 radical (unpaired) electrons. The predicted molar refractivity (Wildman–Crippen MR) is 155 cm³/mol. The molecule has 0 bridgehead atoms. The van der Waals surface area contributed by atoms with Crippen LogP contribution >= 0.6 is 0 Å². The lowest BCUT2D eigenvalue weighted by atomic mass is 10.0. The van der Waals surface area contributed by atoms with E-state index in [1.54, 1.807) is 42.0 Å². The number of nitrogens with two attached hydrogens (primary N) is 1. The van der Waals surface area contributed by atoms with Gasteiger partial charge in [-0.15, -0.1) is 0 Å². The molecule has 0 aliphatic heterocycles. The van der Waals surface area contributed by atoms with Crippen LogP contribution < -0.4 is 20.7 Å². The minimum Gasteiger partial charge on any atom is -0.452 e. The standard InChI is InChI=1S/C32H25F2N5O4/c1-36-29(40)20-4-2-3-19(17-20)24-12-16-38-28(24)27(11-15-37-38)43-26-10-9-23(18-25(26)34)39(22-7-5-21(33)6-8-22)31(42)32(13-14-32)30(35)41/h2-12,15-18H,13-14H2,1H3,(H2,35,41)(H,36,40). The van der Waals surface area contributed by atoms with E-state index in [-0.39, 0.29) is 35.9 Å². The van der Waals surface area contributed by atoms with E-state index < -0.39 is 28.9 Å². The Labute approximate surface area is 244 Å². The number of nitrogens with one attached hydrogen (secondary N) is 1. The Hall–Kier alpha value is -5.58. The summed E-state index contributed by atoms with van der Waals surface area (Å²) in [6, 6.07) is 19.5. The summed E-state index contributed by atoms with van der Waals surface area (Å²) in [7, 11) is 1.55. The molecule has 9 nitrogen and oxygen atoms in total. The Bertz CT molecular complexity index is 1900. The van der Waals surface area contributed by atoms with Crippen LogP contribution in [-0.2, 0) is 9.59 Å². The third-order valence-electron chi connectivity index (χ3n) is 7.49. The van der Waals surface area contributed by atoms with Gasteiger partial charge >= 0.3 is 0 Å². The van der Waals surface area contributed by atoms with E-state index in [9.17, 15) is 18.8 Å². The molecule has 0 spiro atoms. The van der Waals surface area contributed by atoms with Crippen LogP contribution in [0.2, 0.25) is 0 Å². The first-order chi connectivity index (χ1) is 20.7. The number of carbonyl (C=O) groups is 3. The molecule has 2 aromatic heterocycles. The molecule has 3 aromatic carbocycles. The van der Waals surface area contributed by atoms with Crippen molar-refractivity contribution in [2.24, 2.45) is 11.1 Å². The van der Waals surface area contributed by atoms with Gasteiger partial charge in [0.25, 0.3) is 5.91 Å². The summed E-state index contributed by atoms with van der Waals surface area (Å²) in [4.78, 5) is 39.1. The number of fused-ring (bicyclic) bond motifs is 1.